The van der Waals surface area contributed by atoms with E-state index in [1.54, 1.807) is 6.20 Å². The third kappa shape index (κ3) is 2.23. The molecule has 1 aliphatic heterocycles. The van der Waals surface area contributed by atoms with Crippen LogP contribution in [0.15, 0.2) is 6.20 Å². The second-order valence-corrected chi connectivity index (χ2v) is 4.05. The van der Waals surface area contributed by atoms with Crippen molar-refractivity contribution >= 4 is 23.3 Å². The molecule has 0 spiro atoms. The van der Waals surface area contributed by atoms with Gasteiger partial charge in [0.15, 0.2) is 5.82 Å². The van der Waals surface area contributed by atoms with E-state index in [-0.39, 0.29) is 18.3 Å². The fourth-order valence-corrected chi connectivity index (χ4v) is 1.85. The number of rotatable bonds is 2. The van der Waals surface area contributed by atoms with Crippen LogP contribution >= 0.6 is 11.6 Å². The summed E-state index contributed by atoms with van der Waals surface area (Å²) in [5.41, 5.74) is 5.48. The number of hydrogen-bond donors (Lipinski definition) is 1. The van der Waals surface area contributed by atoms with Gasteiger partial charge in [-0.1, -0.05) is 11.6 Å². The molecule has 1 aliphatic rings. The van der Waals surface area contributed by atoms with Crippen LogP contribution in [0.2, 0.25) is 5.02 Å². The Labute approximate surface area is 92.8 Å². The molecule has 0 radical (unpaired) electrons. The Morgan fingerprint density at radius 1 is 1.53 bits per heavy atom. The Bertz CT molecular complexity index is 351. The normalized spacial score (nSPS) is 15.9. The van der Waals surface area contributed by atoms with E-state index < -0.39 is 0 Å². The maximum Gasteiger partial charge on any atom is 0.244 e. The molecule has 1 aromatic rings. The molecule has 2 rings (SSSR count). The van der Waals surface area contributed by atoms with Gasteiger partial charge in [-0.25, -0.2) is 0 Å². The zero-order chi connectivity index (χ0) is 10.8. The van der Waals surface area contributed by atoms with E-state index in [0.717, 1.165) is 25.9 Å². The largest absolute Gasteiger partial charge is 0.381 e. The fourth-order valence-electron chi connectivity index (χ4n) is 1.70. The first-order chi connectivity index (χ1) is 7.16. The van der Waals surface area contributed by atoms with Crippen molar-refractivity contribution < 1.29 is 4.79 Å². The van der Waals surface area contributed by atoms with Crippen LogP contribution < -0.4 is 5.73 Å². The quantitative estimate of drug-likeness (QED) is 0.812. The number of aromatic nitrogens is 2. The number of halogens is 1. The Kier molecular flexibility index (Phi) is 2.81. The van der Waals surface area contributed by atoms with Crippen LogP contribution in [0.25, 0.3) is 0 Å². The van der Waals surface area contributed by atoms with Gasteiger partial charge in [-0.2, -0.15) is 5.10 Å². The smallest absolute Gasteiger partial charge is 0.244 e. The monoisotopic (exact) mass is 228 g/mol. The Morgan fingerprint density at radius 3 is 2.73 bits per heavy atom. The van der Waals surface area contributed by atoms with Crippen LogP contribution in [0.5, 0.6) is 0 Å². The molecule has 2 N–H and O–H groups in total. The number of likely N-dealkylation sites (tertiary alicyclic amines) is 1. The lowest BCUT2D eigenvalue weighted by atomic mass is 10.4. The van der Waals surface area contributed by atoms with Crippen molar-refractivity contribution in [3.63, 3.8) is 0 Å². The van der Waals surface area contributed by atoms with Gasteiger partial charge in [0.05, 0.1) is 0 Å². The minimum Gasteiger partial charge on any atom is -0.381 e. The van der Waals surface area contributed by atoms with E-state index in [4.69, 9.17) is 17.3 Å². The second-order valence-electron chi connectivity index (χ2n) is 3.65. The van der Waals surface area contributed by atoms with Gasteiger partial charge in [-0.05, 0) is 12.8 Å². The SMILES string of the molecule is Nc1nn(CC(=O)N2CCCC2)cc1Cl. The number of nitrogens with two attached hydrogens (primary N) is 1. The van der Waals surface area contributed by atoms with Crippen molar-refractivity contribution in [1.82, 2.24) is 14.7 Å². The molecule has 82 valence electrons. The molecular formula is C9H13ClN4O. The molecule has 0 atom stereocenters. The number of nitrogens with zero attached hydrogens (tertiary/aromatic N) is 3. The summed E-state index contributed by atoms with van der Waals surface area (Å²) in [5, 5.41) is 4.33. The van der Waals surface area contributed by atoms with Gasteiger partial charge in [-0.15, -0.1) is 0 Å². The lowest BCUT2D eigenvalue weighted by Crippen LogP contribution is -2.31. The molecule has 0 unspecified atom stereocenters. The summed E-state index contributed by atoms with van der Waals surface area (Å²) in [7, 11) is 0. The summed E-state index contributed by atoms with van der Waals surface area (Å²) in [6.45, 7) is 1.92. The third-order valence-electron chi connectivity index (χ3n) is 2.50. The fraction of sp³-hybridized carbons (Fsp3) is 0.556. The number of carbonyl (C=O) groups is 1. The van der Waals surface area contributed by atoms with Crippen molar-refractivity contribution in [2.75, 3.05) is 18.8 Å². The van der Waals surface area contributed by atoms with Crippen LogP contribution in [-0.4, -0.2) is 33.7 Å². The summed E-state index contributed by atoms with van der Waals surface area (Å²) in [4.78, 5) is 13.6. The van der Waals surface area contributed by atoms with E-state index in [0.29, 0.717) is 5.02 Å². The first kappa shape index (κ1) is 10.3. The number of anilines is 1. The highest BCUT2D eigenvalue weighted by molar-refractivity contribution is 6.32. The summed E-state index contributed by atoms with van der Waals surface area (Å²) in [6, 6.07) is 0. The molecule has 1 amide bonds. The number of nitrogen functional groups attached to an aromatic ring is 1. The highest BCUT2D eigenvalue weighted by Gasteiger charge is 2.18. The Balaban J connectivity index is 1.99. The predicted octanol–water partition coefficient (Wildman–Crippen LogP) is 0.741. The van der Waals surface area contributed by atoms with Crippen molar-refractivity contribution in [3.05, 3.63) is 11.2 Å². The predicted molar refractivity (Wildman–Crippen MR) is 57.5 cm³/mol. The van der Waals surface area contributed by atoms with E-state index in [1.807, 2.05) is 4.90 Å². The molecule has 1 aromatic heterocycles. The van der Waals surface area contributed by atoms with Crippen LogP contribution in [0, 0.1) is 0 Å². The molecule has 6 heteroatoms. The molecule has 0 bridgehead atoms. The lowest BCUT2D eigenvalue weighted by Gasteiger charge is -2.14. The van der Waals surface area contributed by atoms with Crippen molar-refractivity contribution in [3.8, 4) is 0 Å². The van der Waals surface area contributed by atoms with Gasteiger partial charge in [-0.3, -0.25) is 9.48 Å². The molecular weight excluding hydrogens is 216 g/mol. The summed E-state index contributed by atoms with van der Waals surface area (Å²) in [5.74, 6) is 0.345. The van der Waals surface area contributed by atoms with Crippen LogP contribution in [0.1, 0.15) is 12.8 Å². The standard InChI is InChI=1S/C9H13ClN4O/c10-7-5-14(12-9(7)11)6-8(15)13-3-1-2-4-13/h5H,1-4,6H2,(H2,11,12). The number of hydrogen-bond acceptors (Lipinski definition) is 3. The summed E-state index contributed by atoms with van der Waals surface area (Å²) >= 11 is 5.74. The van der Waals surface area contributed by atoms with Gasteiger partial charge in [0.1, 0.15) is 11.6 Å². The van der Waals surface area contributed by atoms with Gasteiger partial charge < -0.3 is 10.6 Å². The lowest BCUT2D eigenvalue weighted by molar-refractivity contribution is -0.130. The number of amides is 1. The minimum atomic E-state index is 0.0756. The zero-order valence-corrected chi connectivity index (χ0v) is 9.07. The van der Waals surface area contributed by atoms with Crippen molar-refractivity contribution in [2.24, 2.45) is 0 Å². The first-order valence-corrected chi connectivity index (χ1v) is 5.31. The molecule has 1 fully saturated rings. The summed E-state index contributed by atoms with van der Waals surface area (Å²) in [6.07, 6.45) is 3.76. The maximum atomic E-state index is 11.7. The van der Waals surface area contributed by atoms with Crippen LogP contribution in [-0.2, 0) is 11.3 Å². The molecule has 1 saturated heterocycles. The first-order valence-electron chi connectivity index (χ1n) is 4.93. The molecule has 0 aromatic carbocycles. The highest BCUT2D eigenvalue weighted by atomic mass is 35.5. The zero-order valence-electron chi connectivity index (χ0n) is 8.32. The van der Waals surface area contributed by atoms with E-state index in [2.05, 4.69) is 5.10 Å². The Morgan fingerprint density at radius 2 is 2.20 bits per heavy atom. The maximum absolute atomic E-state index is 11.7. The van der Waals surface area contributed by atoms with E-state index in [9.17, 15) is 4.79 Å². The van der Waals surface area contributed by atoms with Gasteiger partial charge in [0, 0.05) is 19.3 Å². The van der Waals surface area contributed by atoms with Gasteiger partial charge in [0.25, 0.3) is 0 Å². The molecule has 2 heterocycles. The van der Waals surface area contributed by atoms with Gasteiger partial charge in [0.2, 0.25) is 5.91 Å². The van der Waals surface area contributed by atoms with Crippen LogP contribution in [0.3, 0.4) is 0 Å². The Hall–Kier alpha value is -1.23. The highest BCUT2D eigenvalue weighted by Crippen LogP contribution is 2.15. The second kappa shape index (κ2) is 4.10. The van der Waals surface area contributed by atoms with E-state index >= 15 is 0 Å². The van der Waals surface area contributed by atoms with Gasteiger partial charge >= 0.3 is 0 Å². The molecule has 15 heavy (non-hydrogen) atoms. The minimum absolute atomic E-state index is 0.0756. The topological polar surface area (TPSA) is 64.1 Å². The number of carbonyl (C=O) groups excluding carboxylic acids is 1. The van der Waals surface area contributed by atoms with Crippen molar-refractivity contribution in [1.29, 1.82) is 0 Å². The molecule has 5 nitrogen and oxygen atoms in total. The average Bonchev–Trinajstić information content (AvgIpc) is 2.77. The third-order valence-corrected chi connectivity index (χ3v) is 2.79. The molecule has 0 saturated carbocycles. The molecule has 0 aliphatic carbocycles. The van der Waals surface area contributed by atoms with Crippen LogP contribution in [0.4, 0.5) is 5.82 Å². The van der Waals surface area contributed by atoms with E-state index in [1.165, 1.54) is 4.68 Å². The van der Waals surface area contributed by atoms with Crippen molar-refractivity contribution in [2.45, 2.75) is 19.4 Å². The average molecular weight is 229 g/mol. The summed E-state index contributed by atoms with van der Waals surface area (Å²) < 4.78 is 1.48.